The van der Waals surface area contributed by atoms with Crippen LogP contribution in [0.25, 0.3) is 0 Å². The summed E-state index contributed by atoms with van der Waals surface area (Å²) >= 11 is 7.23. The summed E-state index contributed by atoms with van der Waals surface area (Å²) in [5, 5.41) is 9.87. The van der Waals surface area contributed by atoms with E-state index < -0.39 is 0 Å². The quantitative estimate of drug-likeness (QED) is 0.807. The number of anilines is 3. The average molecular weight is 321 g/mol. The van der Waals surface area contributed by atoms with Crippen molar-refractivity contribution in [3.8, 4) is 0 Å². The standard InChI is InChI=1S/C14H13ClN4OS/c15-9-5-6-12(16-7-9)19-13(20)8-21-14-17-10-3-1-2-4-11(10)18-14/h1-7,14,17-18H,8H2,(H,16,19,20). The van der Waals surface area contributed by atoms with E-state index in [9.17, 15) is 4.79 Å². The molecule has 1 aliphatic heterocycles. The van der Waals surface area contributed by atoms with Gasteiger partial charge in [-0.3, -0.25) is 4.79 Å². The molecule has 1 aliphatic rings. The molecule has 1 aromatic carbocycles. The first kappa shape index (κ1) is 14.0. The van der Waals surface area contributed by atoms with E-state index in [4.69, 9.17) is 11.6 Å². The average Bonchev–Trinajstić information content (AvgIpc) is 2.90. The molecule has 0 atom stereocenters. The summed E-state index contributed by atoms with van der Waals surface area (Å²) in [4.78, 5) is 15.9. The van der Waals surface area contributed by atoms with Gasteiger partial charge in [-0.15, -0.1) is 11.8 Å². The molecule has 3 rings (SSSR count). The lowest BCUT2D eigenvalue weighted by Crippen LogP contribution is -2.22. The van der Waals surface area contributed by atoms with Crippen LogP contribution >= 0.6 is 23.4 Å². The van der Waals surface area contributed by atoms with Gasteiger partial charge in [0.25, 0.3) is 0 Å². The summed E-state index contributed by atoms with van der Waals surface area (Å²) < 4.78 is 0. The van der Waals surface area contributed by atoms with Crippen molar-refractivity contribution < 1.29 is 4.79 Å². The molecule has 2 aromatic rings. The lowest BCUT2D eigenvalue weighted by atomic mass is 10.3. The van der Waals surface area contributed by atoms with E-state index in [0.29, 0.717) is 16.6 Å². The zero-order valence-corrected chi connectivity index (χ0v) is 12.5. The van der Waals surface area contributed by atoms with Crippen molar-refractivity contribution in [1.82, 2.24) is 4.98 Å². The number of amides is 1. The van der Waals surface area contributed by atoms with Crippen molar-refractivity contribution in [2.45, 2.75) is 5.50 Å². The number of thioether (sulfide) groups is 1. The number of para-hydroxylation sites is 2. The highest BCUT2D eigenvalue weighted by molar-refractivity contribution is 8.00. The van der Waals surface area contributed by atoms with E-state index in [2.05, 4.69) is 20.9 Å². The van der Waals surface area contributed by atoms with Gasteiger partial charge in [-0.1, -0.05) is 23.7 Å². The van der Waals surface area contributed by atoms with Gasteiger partial charge in [-0.05, 0) is 24.3 Å². The SMILES string of the molecule is O=C(CSC1Nc2ccccc2N1)Nc1ccc(Cl)cn1. The molecule has 1 amide bonds. The zero-order chi connectivity index (χ0) is 14.7. The number of benzene rings is 1. The molecule has 0 bridgehead atoms. The number of nitrogens with zero attached hydrogens (tertiary/aromatic N) is 1. The van der Waals surface area contributed by atoms with Gasteiger partial charge in [-0.25, -0.2) is 4.98 Å². The molecule has 5 nitrogen and oxygen atoms in total. The van der Waals surface area contributed by atoms with E-state index in [1.807, 2.05) is 24.3 Å². The molecule has 0 spiro atoms. The molecule has 0 saturated heterocycles. The molecule has 0 unspecified atom stereocenters. The summed E-state index contributed by atoms with van der Waals surface area (Å²) in [5.74, 6) is 0.721. The molecule has 2 heterocycles. The van der Waals surface area contributed by atoms with Gasteiger partial charge < -0.3 is 16.0 Å². The van der Waals surface area contributed by atoms with Gasteiger partial charge in [0.05, 0.1) is 22.2 Å². The number of fused-ring (bicyclic) bond motifs is 1. The number of rotatable bonds is 4. The third-order valence-corrected chi connectivity index (χ3v) is 4.10. The van der Waals surface area contributed by atoms with Crippen molar-refractivity contribution in [1.29, 1.82) is 0 Å². The Balaban J connectivity index is 1.48. The van der Waals surface area contributed by atoms with Crippen molar-refractivity contribution in [2.24, 2.45) is 0 Å². The number of halogens is 1. The molecule has 0 fully saturated rings. The van der Waals surface area contributed by atoms with Crippen LogP contribution in [0.2, 0.25) is 5.02 Å². The fraction of sp³-hybridized carbons (Fsp3) is 0.143. The van der Waals surface area contributed by atoms with Crippen molar-refractivity contribution in [3.05, 3.63) is 47.6 Å². The normalized spacial score (nSPS) is 13.2. The molecular weight excluding hydrogens is 308 g/mol. The van der Waals surface area contributed by atoms with Crippen molar-refractivity contribution in [3.63, 3.8) is 0 Å². The summed E-state index contributed by atoms with van der Waals surface area (Å²) in [5.41, 5.74) is 2.09. The maximum Gasteiger partial charge on any atom is 0.235 e. The van der Waals surface area contributed by atoms with E-state index in [0.717, 1.165) is 11.4 Å². The number of hydrogen-bond donors (Lipinski definition) is 3. The van der Waals surface area contributed by atoms with Crippen LogP contribution in [0, 0.1) is 0 Å². The van der Waals surface area contributed by atoms with Gasteiger partial charge >= 0.3 is 0 Å². The number of carbonyl (C=O) groups excluding carboxylic acids is 1. The number of nitrogens with one attached hydrogen (secondary N) is 3. The lowest BCUT2D eigenvalue weighted by molar-refractivity contribution is -0.113. The topological polar surface area (TPSA) is 66.1 Å². The van der Waals surface area contributed by atoms with Crippen LogP contribution in [-0.4, -0.2) is 22.1 Å². The number of hydrogen-bond acceptors (Lipinski definition) is 5. The van der Waals surface area contributed by atoms with Crippen LogP contribution in [0.15, 0.2) is 42.6 Å². The molecule has 3 N–H and O–H groups in total. The first-order valence-corrected chi connectivity index (χ1v) is 7.78. The highest BCUT2D eigenvalue weighted by Gasteiger charge is 2.19. The highest BCUT2D eigenvalue weighted by Crippen LogP contribution is 2.31. The fourth-order valence-corrected chi connectivity index (χ4v) is 2.85. The Kier molecular flexibility index (Phi) is 4.17. The number of carbonyl (C=O) groups is 1. The number of pyridine rings is 1. The Labute approximate surface area is 131 Å². The van der Waals surface area contributed by atoms with Crippen LogP contribution in [0.1, 0.15) is 0 Å². The molecule has 0 aliphatic carbocycles. The minimum atomic E-state index is -0.102. The third-order valence-electron chi connectivity index (χ3n) is 2.88. The second-order valence-corrected chi connectivity index (χ2v) is 5.96. The summed E-state index contributed by atoms with van der Waals surface area (Å²) in [6.07, 6.45) is 1.50. The van der Waals surface area contributed by atoms with Gasteiger partial charge in [0.2, 0.25) is 5.91 Å². The van der Waals surface area contributed by atoms with Crippen LogP contribution in [0.3, 0.4) is 0 Å². The van der Waals surface area contributed by atoms with Gasteiger partial charge in [-0.2, -0.15) is 0 Å². The zero-order valence-electron chi connectivity index (χ0n) is 11.0. The van der Waals surface area contributed by atoms with Gasteiger partial charge in [0.15, 0.2) is 0 Å². The molecule has 108 valence electrons. The van der Waals surface area contributed by atoms with E-state index in [-0.39, 0.29) is 11.4 Å². The largest absolute Gasteiger partial charge is 0.355 e. The molecule has 21 heavy (non-hydrogen) atoms. The van der Waals surface area contributed by atoms with Crippen molar-refractivity contribution in [2.75, 3.05) is 21.7 Å². The summed E-state index contributed by atoms with van der Waals surface area (Å²) in [6, 6.07) is 11.3. The highest BCUT2D eigenvalue weighted by atomic mass is 35.5. The Hall–Kier alpha value is -1.92. The number of aromatic nitrogens is 1. The van der Waals surface area contributed by atoms with E-state index in [1.165, 1.54) is 18.0 Å². The molecule has 1 aromatic heterocycles. The van der Waals surface area contributed by atoms with Crippen LogP contribution in [0.4, 0.5) is 17.2 Å². The first-order chi connectivity index (χ1) is 10.2. The molecule has 0 saturated carbocycles. The smallest absolute Gasteiger partial charge is 0.235 e. The predicted molar refractivity (Wildman–Crippen MR) is 87.8 cm³/mol. The van der Waals surface area contributed by atoms with Crippen LogP contribution < -0.4 is 16.0 Å². The molecule has 7 heteroatoms. The Morgan fingerprint density at radius 2 is 1.95 bits per heavy atom. The fourth-order valence-electron chi connectivity index (χ4n) is 1.92. The maximum absolute atomic E-state index is 11.9. The van der Waals surface area contributed by atoms with Gasteiger partial charge in [0.1, 0.15) is 11.3 Å². The minimum Gasteiger partial charge on any atom is -0.355 e. The Bertz CT molecular complexity index is 625. The maximum atomic E-state index is 11.9. The van der Waals surface area contributed by atoms with E-state index >= 15 is 0 Å². The lowest BCUT2D eigenvalue weighted by Gasteiger charge is -2.11. The summed E-state index contributed by atoms with van der Waals surface area (Å²) in [6.45, 7) is 0. The monoisotopic (exact) mass is 320 g/mol. The summed E-state index contributed by atoms with van der Waals surface area (Å²) in [7, 11) is 0. The Morgan fingerprint density at radius 1 is 1.24 bits per heavy atom. The predicted octanol–water partition coefficient (Wildman–Crippen LogP) is 3.23. The van der Waals surface area contributed by atoms with Crippen LogP contribution in [0.5, 0.6) is 0 Å². The third kappa shape index (κ3) is 3.59. The van der Waals surface area contributed by atoms with Crippen molar-refractivity contribution >= 4 is 46.5 Å². The van der Waals surface area contributed by atoms with Crippen LogP contribution in [-0.2, 0) is 4.79 Å². The minimum absolute atomic E-state index is 0.00803. The second kappa shape index (κ2) is 6.24. The molecular formula is C14H13ClN4OS. The second-order valence-electron chi connectivity index (χ2n) is 4.44. The Morgan fingerprint density at radius 3 is 2.57 bits per heavy atom. The van der Waals surface area contributed by atoms with E-state index in [1.54, 1.807) is 12.1 Å². The first-order valence-electron chi connectivity index (χ1n) is 6.36. The molecule has 0 radical (unpaired) electrons. The van der Waals surface area contributed by atoms with Gasteiger partial charge in [0, 0.05) is 6.20 Å².